The van der Waals surface area contributed by atoms with Crippen molar-refractivity contribution < 1.29 is 9.90 Å². The first-order chi connectivity index (χ1) is 16.7. The third-order valence-corrected chi connectivity index (χ3v) is 9.66. The number of likely N-dealkylation sites (N-methyl/N-ethyl adjacent to an activating group) is 1. The number of amides is 1. The van der Waals surface area contributed by atoms with Crippen LogP contribution in [-0.4, -0.2) is 109 Å². The Kier molecular flexibility index (Phi) is 9.35. The van der Waals surface area contributed by atoms with Gasteiger partial charge in [0, 0.05) is 49.7 Å². The number of hydrogen-bond donors (Lipinski definition) is 6. The lowest BCUT2D eigenvalue weighted by Crippen LogP contribution is -2.66. The number of hydrogen-bond acceptors (Lipinski definition) is 8. The predicted molar refractivity (Wildman–Crippen MR) is 140 cm³/mol. The van der Waals surface area contributed by atoms with Crippen molar-refractivity contribution in [3.05, 3.63) is 0 Å². The highest BCUT2D eigenvalue weighted by Crippen LogP contribution is 2.50. The molecule has 0 radical (unpaired) electrons. The molecule has 1 spiro atoms. The van der Waals surface area contributed by atoms with Crippen molar-refractivity contribution in [1.29, 1.82) is 0 Å². The van der Waals surface area contributed by atoms with Gasteiger partial charge in [-0.2, -0.15) is 0 Å². The normalized spacial score (nSPS) is 37.5. The molecule has 0 aromatic heterocycles. The van der Waals surface area contributed by atoms with Gasteiger partial charge in [-0.25, -0.2) is 0 Å². The average molecular weight is 514 g/mol. The Labute approximate surface area is 216 Å². The van der Waals surface area contributed by atoms with Crippen LogP contribution in [0.25, 0.3) is 0 Å². The SMILES string of the molecule is CN(C)[C@H]1CCN(C2CCNCC2NC(=O)C(C(N)N)C2CC3(CCC3)CCC(Cl)CN2)C[C@@H]1O. The van der Waals surface area contributed by atoms with Crippen LogP contribution in [0.5, 0.6) is 0 Å². The lowest BCUT2D eigenvalue weighted by atomic mass is 9.61. The summed E-state index contributed by atoms with van der Waals surface area (Å²) in [7, 11) is 4.05. The second kappa shape index (κ2) is 11.9. The van der Waals surface area contributed by atoms with Gasteiger partial charge in [0.25, 0.3) is 0 Å². The Morgan fingerprint density at radius 1 is 1.20 bits per heavy atom. The van der Waals surface area contributed by atoms with Crippen LogP contribution in [-0.2, 0) is 4.79 Å². The monoisotopic (exact) mass is 513 g/mol. The van der Waals surface area contributed by atoms with Gasteiger partial charge in [0.15, 0.2) is 0 Å². The molecule has 3 aliphatic heterocycles. The zero-order valence-electron chi connectivity index (χ0n) is 21.6. The molecule has 4 fully saturated rings. The molecule has 9 nitrogen and oxygen atoms in total. The summed E-state index contributed by atoms with van der Waals surface area (Å²) in [6, 6.07) is 0.232. The first kappa shape index (κ1) is 27.5. The molecule has 10 heteroatoms. The standard InChI is InChI=1S/C25H48ClN7O2/c1-32(2)20-6-11-33(15-21(20)34)19-5-10-29-14-18(19)31-24(35)22(23(27)28)17-12-25(7-3-8-25)9-4-16(26)13-30-17/h16-23,29-30,34H,3-15,27-28H2,1-2H3,(H,31,35)/t16?,17?,18?,19?,20-,21-,22?/m0/s1. The number of rotatable bonds is 6. The summed E-state index contributed by atoms with van der Waals surface area (Å²) in [5, 5.41) is 21.2. The van der Waals surface area contributed by atoms with E-state index in [-0.39, 0.29) is 40.9 Å². The molecule has 1 saturated carbocycles. The van der Waals surface area contributed by atoms with Crippen LogP contribution in [0, 0.1) is 11.3 Å². The number of halogens is 1. The largest absolute Gasteiger partial charge is 0.390 e. The minimum Gasteiger partial charge on any atom is -0.390 e. The third-order valence-electron chi connectivity index (χ3n) is 9.29. The molecule has 3 heterocycles. The van der Waals surface area contributed by atoms with E-state index in [2.05, 4.69) is 25.8 Å². The minimum atomic E-state index is -0.745. The highest BCUT2D eigenvalue weighted by Gasteiger charge is 2.45. The van der Waals surface area contributed by atoms with E-state index in [1.54, 1.807) is 0 Å². The van der Waals surface area contributed by atoms with Crippen molar-refractivity contribution in [2.75, 3.05) is 46.8 Å². The Morgan fingerprint density at radius 2 is 1.97 bits per heavy atom. The first-order valence-electron chi connectivity index (χ1n) is 13.7. The van der Waals surface area contributed by atoms with Crippen molar-refractivity contribution in [2.24, 2.45) is 22.8 Å². The summed E-state index contributed by atoms with van der Waals surface area (Å²) < 4.78 is 0. The lowest BCUT2D eigenvalue weighted by molar-refractivity contribution is -0.129. The first-order valence-corrected chi connectivity index (χ1v) is 14.1. The van der Waals surface area contributed by atoms with Crippen LogP contribution in [0.15, 0.2) is 0 Å². The minimum absolute atomic E-state index is 0.0485. The zero-order valence-corrected chi connectivity index (χ0v) is 22.3. The molecule has 35 heavy (non-hydrogen) atoms. The smallest absolute Gasteiger partial charge is 0.227 e. The van der Waals surface area contributed by atoms with E-state index in [0.717, 1.165) is 45.2 Å². The Balaban J connectivity index is 1.44. The van der Waals surface area contributed by atoms with Gasteiger partial charge in [0.05, 0.1) is 24.2 Å². The highest BCUT2D eigenvalue weighted by molar-refractivity contribution is 6.20. The number of alkyl halides is 1. The number of nitrogens with one attached hydrogen (secondary N) is 3. The molecule has 202 valence electrons. The average Bonchev–Trinajstić information content (AvgIpc) is 2.77. The molecule has 8 N–H and O–H groups in total. The van der Waals surface area contributed by atoms with Gasteiger partial charge in [0.2, 0.25) is 5.91 Å². The molecule has 1 aliphatic carbocycles. The van der Waals surface area contributed by atoms with Crippen LogP contribution < -0.4 is 27.4 Å². The number of carbonyl (C=O) groups excluding carboxylic acids is 1. The molecule has 4 rings (SSSR count). The second-order valence-corrected chi connectivity index (χ2v) is 12.5. The summed E-state index contributed by atoms with van der Waals surface area (Å²) in [4.78, 5) is 18.2. The fourth-order valence-electron chi connectivity index (χ4n) is 7.05. The Hall–Kier alpha value is -0.520. The molecule has 4 aliphatic rings. The van der Waals surface area contributed by atoms with Crippen molar-refractivity contribution >= 4 is 17.5 Å². The Bertz CT molecular complexity index is 707. The van der Waals surface area contributed by atoms with Gasteiger partial charge in [-0.15, -0.1) is 11.6 Å². The van der Waals surface area contributed by atoms with Gasteiger partial charge in [-0.1, -0.05) is 6.42 Å². The van der Waals surface area contributed by atoms with Crippen LogP contribution >= 0.6 is 11.6 Å². The number of likely N-dealkylation sites (tertiary alicyclic amines) is 1. The molecule has 1 amide bonds. The molecule has 5 unspecified atom stereocenters. The topological polar surface area (TPSA) is 132 Å². The number of aliphatic hydroxyl groups is 1. The van der Waals surface area contributed by atoms with E-state index in [9.17, 15) is 9.90 Å². The van der Waals surface area contributed by atoms with Gasteiger partial charge in [-0.05, 0) is 71.0 Å². The third kappa shape index (κ3) is 6.49. The van der Waals surface area contributed by atoms with E-state index in [1.807, 2.05) is 14.1 Å². The molecule has 0 aromatic carbocycles. The van der Waals surface area contributed by atoms with Crippen molar-refractivity contribution in [1.82, 2.24) is 25.8 Å². The molecule has 0 bridgehead atoms. The summed E-state index contributed by atoms with van der Waals surface area (Å²) >= 11 is 6.57. The number of aliphatic hydroxyl groups excluding tert-OH is 1. The van der Waals surface area contributed by atoms with Crippen LogP contribution in [0.1, 0.15) is 51.4 Å². The van der Waals surface area contributed by atoms with E-state index >= 15 is 0 Å². The molecule has 7 atom stereocenters. The number of carbonyl (C=O) groups is 1. The number of nitrogens with zero attached hydrogens (tertiary/aromatic N) is 2. The van der Waals surface area contributed by atoms with Gasteiger partial charge in [0.1, 0.15) is 0 Å². The number of piperidine rings is 2. The summed E-state index contributed by atoms with van der Waals surface area (Å²) in [5.41, 5.74) is 12.8. The summed E-state index contributed by atoms with van der Waals surface area (Å²) in [5.74, 6) is -0.580. The lowest BCUT2D eigenvalue weighted by Gasteiger charge is -2.48. The second-order valence-electron chi connectivity index (χ2n) is 11.9. The summed E-state index contributed by atoms with van der Waals surface area (Å²) in [6.07, 6.45) is 7.41. The predicted octanol–water partition coefficient (Wildman–Crippen LogP) is -0.391. The summed E-state index contributed by atoms with van der Waals surface area (Å²) in [6.45, 7) is 3.83. The van der Waals surface area contributed by atoms with E-state index < -0.39 is 18.2 Å². The van der Waals surface area contributed by atoms with Crippen LogP contribution in [0.2, 0.25) is 0 Å². The van der Waals surface area contributed by atoms with E-state index in [1.165, 1.54) is 19.3 Å². The zero-order chi connectivity index (χ0) is 25.2. The molecular weight excluding hydrogens is 466 g/mol. The fourth-order valence-corrected chi connectivity index (χ4v) is 7.25. The highest BCUT2D eigenvalue weighted by atomic mass is 35.5. The Morgan fingerprint density at radius 3 is 2.60 bits per heavy atom. The fraction of sp³-hybridized carbons (Fsp3) is 0.960. The molecule has 3 saturated heterocycles. The van der Waals surface area contributed by atoms with Crippen molar-refractivity contribution in [3.8, 4) is 0 Å². The van der Waals surface area contributed by atoms with Crippen LogP contribution in [0.4, 0.5) is 0 Å². The van der Waals surface area contributed by atoms with E-state index in [0.29, 0.717) is 19.6 Å². The number of nitrogens with two attached hydrogens (primary N) is 2. The van der Waals surface area contributed by atoms with Crippen molar-refractivity contribution in [2.45, 2.75) is 93.2 Å². The van der Waals surface area contributed by atoms with Crippen LogP contribution in [0.3, 0.4) is 0 Å². The quantitative estimate of drug-likeness (QED) is 0.209. The van der Waals surface area contributed by atoms with Gasteiger partial charge in [-0.3, -0.25) is 9.69 Å². The molecule has 0 aromatic rings. The maximum Gasteiger partial charge on any atom is 0.227 e. The maximum atomic E-state index is 13.7. The maximum absolute atomic E-state index is 13.7. The van der Waals surface area contributed by atoms with Crippen molar-refractivity contribution in [3.63, 3.8) is 0 Å². The number of β-amino-alcohol motifs (C(OH)–C–C–N with tert-alkyl or cyclic N) is 1. The van der Waals surface area contributed by atoms with E-state index in [4.69, 9.17) is 23.1 Å². The van der Waals surface area contributed by atoms with Gasteiger partial charge >= 0.3 is 0 Å². The van der Waals surface area contributed by atoms with Gasteiger partial charge < -0.3 is 37.4 Å². The molecular formula is C25H48ClN7O2.